The van der Waals surface area contributed by atoms with Crippen LogP contribution < -0.4 is 0 Å². The maximum absolute atomic E-state index is 13.0. The van der Waals surface area contributed by atoms with Gasteiger partial charge in [0.2, 0.25) is 5.78 Å². The van der Waals surface area contributed by atoms with Gasteiger partial charge < -0.3 is 14.4 Å². The number of carbonyl (C=O) groups excluding carboxylic acids is 2. The first-order chi connectivity index (χ1) is 14.3. The number of aromatic hydroxyl groups is 1. The van der Waals surface area contributed by atoms with E-state index in [2.05, 4.69) is 0 Å². The lowest BCUT2D eigenvalue weighted by Gasteiger charge is -2.10. The Bertz CT molecular complexity index is 1180. The molecule has 1 aromatic heterocycles. The summed E-state index contributed by atoms with van der Waals surface area (Å²) in [6.07, 6.45) is 1.50. The fourth-order valence-corrected chi connectivity index (χ4v) is 3.29. The minimum absolute atomic E-state index is 0.00183. The third kappa shape index (κ3) is 4.01. The van der Waals surface area contributed by atoms with E-state index in [1.165, 1.54) is 25.3 Å². The molecule has 6 heteroatoms. The number of phenols is 1. The molecule has 0 spiro atoms. The second-order valence-corrected chi connectivity index (χ2v) is 6.75. The van der Waals surface area contributed by atoms with Crippen LogP contribution in [0.5, 0.6) is 5.75 Å². The molecule has 0 radical (unpaired) electrons. The average Bonchev–Trinajstić information content (AvgIpc) is 3.06. The van der Waals surface area contributed by atoms with Gasteiger partial charge >= 0.3 is 5.97 Å². The highest BCUT2D eigenvalue weighted by Crippen LogP contribution is 2.24. The van der Waals surface area contributed by atoms with E-state index in [0.29, 0.717) is 22.4 Å². The van der Waals surface area contributed by atoms with Crippen LogP contribution in [0.2, 0.25) is 0 Å². The number of hydrogen-bond acceptors (Lipinski definition) is 5. The van der Waals surface area contributed by atoms with Gasteiger partial charge in [0.25, 0.3) is 0 Å². The first-order valence-electron chi connectivity index (χ1n) is 9.19. The monoisotopic (exact) mass is 400 g/mol. The SMILES string of the molecule is COC(=O)c1ccc(-n2c(C)cc(C(=O)/C(C#N)=C/c3ccc(O)cc3)c2C)cc1. The summed E-state index contributed by atoms with van der Waals surface area (Å²) in [6, 6.07) is 16.8. The number of carbonyl (C=O) groups is 2. The lowest BCUT2D eigenvalue weighted by atomic mass is 10.0. The number of hydrogen-bond donors (Lipinski definition) is 1. The summed E-state index contributed by atoms with van der Waals surface area (Å²) in [5, 5.41) is 18.9. The smallest absolute Gasteiger partial charge is 0.337 e. The first kappa shape index (κ1) is 20.6. The lowest BCUT2D eigenvalue weighted by molar-refractivity contribution is 0.0600. The van der Waals surface area contributed by atoms with Gasteiger partial charge in [0.1, 0.15) is 17.4 Å². The van der Waals surface area contributed by atoms with Crippen molar-refractivity contribution >= 4 is 17.8 Å². The Hall–Kier alpha value is -4.11. The third-order valence-corrected chi connectivity index (χ3v) is 4.79. The largest absolute Gasteiger partial charge is 0.508 e. The molecular weight excluding hydrogens is 380 g/mol. The van der Waals surface area contributed by atoms with E-state index < -0.39 is 5.97 Å². The second kappa shape index (κ2) is 8.50. The Kier molecular flexibility index (Phi) is 5.84. The summed E-state index contributed by atoms with van der Waals surface area (Å²) < 4.78 is 6.61. The lowest BCUT2D eigenvalue weighted by Crippen LogP contribution is -2.06. The summed E-state index contributed by atoms with van der Waals surface area (Å²) in [5.74, 6) is -0.689. The van der Waals surface area contributed by atoms with Crippen molar-refractivity contribution in [2.75, 3.05) is 7.11 Å². The van der Waals surface area contributed by atoms with Crippen LogP contribution >= 0.6 is 0 Å². The Balaban J connectivity index is 1.98. The number of methoxy groups -OCH3 is 1. The number of aryl methyl sites for hydroxylation is 1. The number of aromatic nitrogens is 1. The fourth-order valence-electron chi connectivity index (χ4n) is 3.29. The van der Waals surface area contributed by atoms with E-state index in [4.69, 9.17) is 4.74 Å². The quantitative estimate of drug-likeness (QED) is 0.297. The minimum Gasteiger partial charge on any atom is -0.508 e. The molecule has 1 heterocycles. The predicted molar refractivity (Wildman–Crippen MR) is 113 cm³/mol. The summed E-state index contributed by atoms with van der Waals surface area (Å²) in [7, 11) is 1.33. The van der Waals surface area contributed by atoms with Crippen LogP contribution in [0.15, 0.2) is 60.2 Å². The molecule has 1 N–H and O–H groups in total. The van der Waals surface area contributed by atoms with E-state index >= 15 is 0 Å². The summed E-state index contributed by atoms with van der Waals surface area (Å²) in [6.45, 7) is 3.68. The molecule has 0 aliphatic rings. The number of allylic oxidation sites excluding steroid dienone is 1. The zero-order valence-electron chi connectivity index (χ0n) is 16.8. The van der Waals surface area contributed by atoms with E-state index in [1.807, 2.05) is 24.5 Å². The van der Waals surface area contributed by atoms with Crippen molar-refractivity contribution in [1.82, 2.24) is 4.57 Å². The van der Waals surface area contributed by atoms with Crippen molar-refractivity contribution in [3.8, 4) is 17.5 Å². The van der Waals surface area contributed by atoms with Gasteiger partial charge in [-0.2, -0.15) is 5.26 Å². The average molecular weight is 400 g/mol. The van der Waals surface area contributed by atoms with Gasteiger partial charge in [0.05, 0.1) is 12.7 Å². The maximum atomic E-state index is 13.0. The molecule has 3 aromatic rings. The van der Waals surface area contributed by atoms with Crippen LogP contribution in [0.3, 0.4) is 0 Å². The molecule has 3 rings (SSSR count). The third-order valence-electron chi connectivity index (χ3n) is 4.79. The van der Waals surface area contributed by atoms with Crippen LogP contribution in [0.1, 0.15) is 37.7 Å². The molecule has 30 heavy (non-hydrogen) atoms. The highest BCUT2D eigenvalue weighted by atomic mass is 16.5. The summed E-state index contributed by atoms with van der Waals surface area (Å²) in [5.41, 5.74) is 3.81. The number of ether oxygens (including phenoxy) is 1. The summed E-state index contributed by atoms with van der Waals surface area (Å²) in [4.78, 5) is 24.7. The van der Waals surface area contributed by atoms with Crippen molar-refractivity contribution in [2.24, 2.45) is 0 Å². The van der Waals surface area contributed by atoms with Gasteiger partial charge in [-0.25, -0.2) is 4.79 Å². The predicted octanol–water partition coefficient (Wildman–Crippen LogP) is 4.38. The fraction of sp³-hybridized carbons (Fsp3) is 0.125. The van der Waals surface area contributed by atoms with E-state index in [1.54, 1.807) is 42.5 Å². The van der Waals surface area contributed by atoms with Crippen LogP contribution in [0.4, 0.5) is 0 Å². The maximum Gasteiger partial charge on any atom is 0.337 e. The number of esters is 1. The molecule has 0 amide bonds. The number of nitrogens with zero attached hydrogens (tertiary/aromatic N) is 2. The Morgan fingerprint density at radius 1 is 1.07 bits per heavy atom. The highest BCUT2D eigenvalue weighted by Gasteiger charge is 2.20. The van der Waals surface area contributed by atoms with Gasteiger partial charge in [-0.05, 0) is 68.0 Å². The summed E-state index contributed by atoms with van der Waals surface area (Å²) >= 11 is 0. The Labute approximate surface area is 174 Å². The Morgan fingerprint density at radius 3 is 2.27 bits per heavy atom. The minimum atomic E-state index is -0.420. The van der Waals surface area contributed by atoms with E-state index in [9.17, 15) is 20.0 Å². The van der Waals surface area contributed by atoms with Gasteiger partial charge in [0.15, 0.2) is 0 Å². The van der Waals surface area contributed by atoms with Crippen LogP contribution in [0, 0.1) is 25.2 Å². The number of nitriles is 1. The van der Waals surface area contributed by atoms with Crippen molar-refractivity contribution in [3.63, 3.8) is 0 Å². The molecule has 0 fully saturated rings. The van der Waals surface area contributed by atoms with Gasteiger partial charge in [-0.15, -0.1) is 0 Å². The molecule has 0 aliphatic carbocycles. The topological polar surface area (TPSA) is 92.3 Å². The van der Waals surface area contributed by atoms with E-state index in [0.717, 1.165) is 11.4 Å². The van der Waals surface area contributed by atoms with Crippen LogP contribution in [-0.4, -0.2) is 28.5 Å². The van der Waals surface area contributed by atoms with Gasteiger partial charge in [-0.1, -0.05) is 12.1 Å². The number of benzene rings is 2. The molecular formula is C24H20N2O4. The van der Waals surface area contributed by atoms with E-state index in [-0.39, 0.29) is 17.1 Å². The van der Waals surface area contributed by atoms with Gasteiger partial charge in [0, 0.05) is 22.6 Å². The molecule has 0 atom stereocenters. The van der Waals surface area contributed by atoms with Crippen molar-refractivity contribution in [1.29, 1.82) is 5.26 Å². The molecule has 0 unspecified atom stereocenters. The normalized spacial score (nSPS) is 11.1. The molecule has 6 nitrogen and oxygen atoms in total. The van der Waals surface area contributed by atoms with Crippen molar-refractivity contribution in [3.05, 3.63) is 88.2 Å². The molecule has 0 bridgehead atoms. The number of Topliss-reactive ketones (excluding diaryl/α,β-unsaturated/α-hetero) is 1. The number of rotatable bonds is 5. The molecule has 150 valence electrons. The van der Waals surface area contributed by atoms with Gasteiger partial charge in [-0.3, -0.25) is 4.79 Å². The second-order valence-electron chi connectivity index (χ2n) is 6.75. The molecule has 0 saturated heterocycles. The highest BCUT2D eigenvalue weighted by molar-refractivity contribution is 6.14. The standard InChI is InChI=1S/C24H20N2O4/c1-15-12-22(23(28)19(14-25)13-17-4-10-21(27)11-5-17)16(2)26(15)20-8-6-18(7-9-20)24(29)30-3/h4-13,27H,1-3H3/b19-13+. The molecule has 0 aliphatic heterocycles. The van der Waals surface area contributed by atoms with Crippen molar-refractivity contribution in [2.45, 2.75) is 13.8 Å². The van der Waals surface area contributed by atoms with Crippen molar-refractivity contribution < 1.29 is 19.4 Å². The number of phenolic OH excluding ortho intramolecular Hbond substituents is 1. The first-order valence-corrected chi connectivity index (χ1v) is 9.19. The number of ketones is 1. The Morgan fingerprint density at radius 2 is 1.70 bits per heavy atom. The zero-order chi connectivity index (χ0) is 21.8. The zero-order valence-corrected chi connectivity index (χ0v) is 16.8. The molecule has 2 aromatic carbocycles. The molecule has 0 saturated carbocycles. The van der Waals surface area contributed by atoms with Crippen LogP contribution in [0.25, 0.3) is 11.8 Å². The van der Waals surface area contributed by atoms with Crippen LogP contribution in [-0.2, 0) is 4.74 Å².